The van der Waals surface area contributed by atoms with Gasteiger partial charge in [0.15, 0.2) is 5.82 Å². The van der Waals surface area contributed by atoms with Gasteiger partial charge in [0, 0.05) is 18.6 Å². The zero-order chi connectivity index (χ0) is 8.72. The number of aryl methyl sites for hydroxylation is 1. The van der Waals surface area contributed by atoms with E-state index in [0.717, 1.165) is 5.52 Å². The van der Waals surface area contributed by atoms with Gasteiger partial charge >= 0.3 is 0 Å². The Morgan fingerprint density at radius 2 is 2.08 bits per heavy atom. The lowest BCUT2D eigenvalue weighted by Gasteiger charge is -1.99. The summed E-state index contributed by atoms with van der Waals surface area (Å²) in [6, 6.07) is 5.12. The molecule has 0 saturated heterocycles. The third-order valence-corrected chi connectivity index (χ3v) is 2.03. The van der Waals surface area contributed by atoms with Gasteiger partial charge in [-0.25, -0.2) is 4.39 Å². The third-order valence-electron chi connectivity index (χ3n) is 2.03. The molecule has 0 aliphatic carbocycles. The molecular formula is C9H9FN2. The van der Waals surface area contributed by atoms with Gasteiger partial charge in [0.25, 0.3) is 0 Å². The Balaban J connectivity index is 2.93. The molecule has 1 aromatic heterocycles. The first-order valence-corrected chi connectivity index (χ1v) is 3.69. The molecule has 0 bridgehead atoms. The van der Waals surface area contributed by atoms with Crippen LogP contribution in [0.15, 0.2) is 24.4 Å². The molecule has 2 rings (SSSR count). The monoisotopic (exact) mass is 164 g/mol. The maximum absolute atomic E-state index is 13.3. The Morgan fingerprint density at radius 3 is 2.83 bits per heavy atom. The first-order valence-electron chi connectivity index (χ1n) is 3.69. The topological polar surface area (TPSA) is 30.9 Å². The lowest BCUT2D eigenvalue weighted by atomic mass is 10.2. The quantitative estimate of drug-likeness (QED) is 0.592. The number of rotatable bonds is 0. The second-order valence-corrected chi connectivity index (χ2v) is 2.83. The van der Waals surface area contributed by atoms with Crippen LogP contribution in [-0.4, -0.2) is 4.57 Å². The molecule has 1 heterocycles. The van der Waals surface area contributed by atoms with Crippen molar-refractivity contribution in [1.82, 2.24) is 4.57 Å². The summed E-state index contributed by atoms with van der Waals surface area (Å²) in [5.74, 6) is -0.326. The summed E-state index contributed by atoms with van der Waals surface area (Å²) in [7, 11) is 1.87. The fourth-order valence-electron chi connectivity index (χ4n) is 1.33. The molecule has 0 saturated carbocycles. The molecule has 1 aromatic carbocycles. The summed E-state index contributed by atoms with van der Waals surface area (Å²) < 4.78 is 15.1. The number of nitrogens with zero attached hydrogens (tertiary/aromatic N) is 1. The summed E-state index contributed by atoms with van der Waals surface area (Å²) >= 11 is 0. The van der Waals surface area contributed by atoms with E-state index < -0.39 is 0 Å². The minimum atomic E-state index is -0.326. The zero-order valence-corrected chi connectivity index (χ0v) is 6.71. The lowest BCUT2D eigenvalue weighted by molar-refractivity contribution is 0.644. The number of nitrogens with two attached hydrogens (primary N) is 1. The number of benzene rings is 1. The Bertz CT molecular complexity index is 431. The van der Waals surface area contributed by atoms with Crippen molar-refractivity contribution in [3.8, 4) is 0 Å². The van der Waals surface area contributed by atoms with Crippen LogP contribution in [0.4, 0.5) is 10.1 Å². The highest BCUT2D eigenvalue weighted by Gasteiger charge is 2.05. The van der Waals surface area contributed by atoms with Crippen LogP contribution in [0.5, 0.6) is 0 Å². The molecule has 0 aliphatic heterocycles. The normalized spacial score (nSPS) is 10.8. The number of hydrogen-bond donors (Lipinski definition) is 1. The highest BCUT2D eigenvalue weighted by atomic mass is 19.1. The number of halogens is 1. The van der Waals surface area contributed by atoms with Crippen LogP contribution in [0.2, 0.25) is 0 Å². The van der Waals surface area contributed by atoms with Gasteiger partial charge in [-0.15, -0.1) is 0 Å². The van der Waals surface area contributed by atoms with Gasteiger partial charge in [0.1, 0.15) is 0 Å². The largest absolute Gasteiger partial charge is 0.396 e. The van der Waals surface area contributed by atoms with Gasteiger partial charge in [0.2, 0.25) is 0 Å². The van der Waals surface area contributed by atoms with Crippen molar-refractivity contribution in [2.75, 3.05) is 5.73 Å². The number of hydrogen-bond acceptors (Lipinski definition) is 1. The molecule has 0 unspecified atom stereocenters. The average molecular weight is 164 g/mol. The molecular weight excluding hydrogens is 155 g/mol. The molecule has 3 heteroatoms. The summed E-state index contributed by atoms with van der Waals surface area (Å²) in [4.78, 5) is 0. The molecule has 2 aromatic rings. The van der Waals surface area contributed by atoms with Crippen molar-refractivity contribution < 1.29 is 4.39 Å². The summed E-state index contributed by atoms with van der Waals surface area (Å²) in [6.45, 7) is 0. The Labute approximate surface area is 69.4 Å². The number of anilines is 1. The summed E-state index contributed by atoms with van der Waals surface area (Å²) in [6.07, 6.45) is 1.81. The minimum Gasteiger partial charge on any atom is -0.396 e. The van der Waals surface area contributed by atoms with Crippen LogP contribution < -0.4 is 5.73 Å². The SMILES string of the molecule is Cn1ccc2c(F)c(N)ccc21. The molecule has 62 valence electrons. The van der Waals surface area contributed by atoms with Gasteiger partial charge in [-0.1, -0.05) is 0 Å². The molecule has 0 radical (unpaired) electrons. The predicted molar refractivity (Wildman–Crippen MR) is 47.3 cm³/mol. The van der Waals surface area contributed by atoms with E-state index in [1.807, 2.05) is 23.9 Å². The molecule has 0 amide bonds. The van der Waals surface area contributed by atoms with E-state index >= 15 is 0 Å². The van der Waals surface area contributed by atoms with Crippen LogP contribution >= 0.6 is 0 Å². The Kier molecular flexibility index (Phi) is 1.33. The van der Waals surface area contributed by atoms with Gasteiger partial charge in [-0.3, -0.25) is 0 Å². The second kappa shape index (κ2) is 2.24. The second-order valence-electron chi connectivity index (χ2n) is 2.83. The molecule has 0 aliphatic rings. The molecule has 2 N–H and O–H groups in total. The zero-order valence-electron chi connectivity index (χ0n) is 6.71. The fraction of sp³-hybridized carbons (Fsp3) is 0.111. The lowest BCUT2D eigenvalue weighted by Crippen LogP contribution is -1.91. The third kappa shape index (κ3) is 0.794. The van der Waals surface area contributed by atoms with Gasteiger partial charge in [-0.2, -0.15) is 0 Å². The van der Waals surface area contributed by atoms with Crippen LogP contribution in [0.3, 0.4) is 0 Å². The van der Waals surface area contributed by atoms with E-state index in [9.17, 15) is 4.39 Å². The van der Waals surface area contributed by atoms with Crippen molar-refractivity contribution >= 4 is 16.6 Å². The number of aromatic nitrogens is 1. The number of nitrogen functional groups attached to an aromatic ring is 1. The average Bonchev–Trinajstić information content (AvgIpc) is 2.41. The minimum absolute atomic E-state index is 0.203. The van der Waals surface area contributed by atoms with Gasteiger partial charge in [0.05, 0.1) is 11.2 Å². The smallest absolute Gasteiger partial charge is 0.155 e. The molecule has 12 heavy (non-hydrogen) atoms. The van der Waals surface area contributed by atoms with E-state index in [1.165, 1.54) is 0 Å². The van der Waals surface area contributed by atoms with Crippen LogP contribution in [0.25, 0.3) is 10.9 Å². The molecule has 2 nitrogen and oxygen atoms in total. The first-order chi connectivity index (χ1) is 5.70. The van der Waals surface area contributed by atoms with Crippen molar-refractivity contribution in [3.05, 3.63) is 30.2 Å². The van der Waals surface area contributed by atoms with Crippen LogP contribution in [-0.2, 0) is 7.05 Å². The maximum Gasteiger partial charge on any atom is 0.155 e. The van der Waals surface area contributed by atoms with Crippen molar-refractivity contribution in [2.45, 2.75) is 0 Å². The Morgan fingerprint density at radius 1 is 1.33 bits per heavy atom. The van der Waals surface area contributed by atoms with Crippen LogP contribution in [0.1, 0.15) is 0 Å². The standard InChI is InChI=1S/C9H9FN2/c1-12-5-4-6-8(12)3-2-7(11)9(6)10/h2-5H,11H2,1H3. The molecule has 0 spiro atoms. The van der Waals surface area contributed by atoms with E-state index in [4.69, 9.17) is 5.73 Å². The predicted octanol–water partition coefficient (Wildman–Crippen LogP) is 1.90. The van der Waals surface area contributed by atoms with Gasteiger partial charge < -0.3 is 10.3 Å². The van der Waals surface area contributed by atoms with Crippen molar-refractivity contribution in [2.24, 2.45) is 7.05 Å². The Hall–Kier alpha value is -1.51. The summed E-state index contributed by atoms with van der Waals surface area (Å²) in [5, 5.41) is 0.581. The first kappa shape index (κ1) is 7.16. The van der Waals surface area contributed by atoms with Crippen LogP contribution in [0, 0.1) is 5.82 Å². The fourth-order valence-corrected chi connectivity index (χ4v) is 1.33. The van der Waals surface area contributed by atoms with E-state index in [1.54, 1.807) is 12.1 Å². The molecule has 0 atom stereocenters. The highest BCUT2D eigenvalue weighted by molar-refractivity contribution is 5.84. The van der Waals surface area contributed by atoms with Crippen molar-refractivity contribution in [1.29, 1.82) is 0 Å². The maximum atomic E-state index is 13.3. The van der Waals surface area contributed by atoms with E-state index in [-0.39, 0.29) is 11.5 Å². The molecule has 0 fully saturated rings. The van der Waals surface area contributed by atoms with Gasteiger partial charge in [-0.05, 0) is 18.2 Å². The van der Waals surface area contributed by atoms with E-state index in [2.05, 4.69) is 0 Å². The summed E-state index contributed by atoms with van der Waals surface area (Å²) in [5.41, 5.74) is 6.48. The highest BCUT2D eigenvalue weighted by Crippen LogP contribution is 2.22. The number of fused-ring (bicyclic) bond motifs is 1. The van der Waals surface area contributed by atoms with Crippen molar-refractivity contribution in [3.63, 3.8) is 0 Å². The van der Waals surface area contributed by atoms with E-state index in [0.29, 0.717) is 5.39 Å².